The highest BCUT2D eigenvalue weighted by Crippen LogP contribution is 2.32. The Hall–Kier alpha value is -3.19. The number of nitrogens with one attached hydrogen (secondary N) is 1. The van der Waals surface area contributed by atoms with Gasteiger partial charge in [0.25, 0.3) is 5.56 Å². The summed E-state index contributed by atoms with van der Waals surface area (Å²) in [7, 11) is 0. The molecule has 3 heterocycles. The molecule has 6 nitrogen and oxygen atoms in total. The Kier molecular flexibility index (Phi) is 2.92. The maximum absolute atomic E-state index is 11.9. The van der Waals surface area contributed by atoms with E-state index < -0.39 is 0 Å². The highest BCUT2D eigenvalue weighted by molar-refractivity contribution is 7.19. The Morgan fingerprint density at radius 2 is 2.04 bits per heavy atom. The minimum atomic E-state index is -0.316. The molecule has 2 aromatic carbocycles. The number of hydrogen-bond acceptors (Lipinski definition) is 5. The normalized spacial score (nSPS) is 11.7. The van der Waals surface area contributed by atoms with E-state index in [-0.39, 0.29) is 11.5 Å². The van der Waals surface area contributed by atoms with Crippen molar-refractivity contribution in [2.75, 3.05) is 5.73 Å². The van der Waals surface area contributed by atoms with Gasteiger partial charge in [0.1, 0.15) is 0 Å². The monoisotopic (exact) mass is 347 g/mol. The quantitative estimate of drug-likeness (QED) is 0.513. The number of nitrogens with two attached hydrogens (primary N) is 1. The molecule has 0 aliphatic rings. The minimum Gasteiger partial charge on any atom is -0.369 e. The molecule has 25 heavy (non-hydrogen) atoms. The molecule has 0 radical (unpaired) electrons. The molecule has 0 saturated carbocycles. The summed E-state index contributed by atoms with van der Waals surface area (Å²) in [4.78, 5) is 23.9. The Balaban J connectivity index is 1.65. The van der Waals surface area contributed by atoms with Crippen molar-refractivity contribution in [2.24, 2.45) is 0 Å². The average molecular weight is 347 g/mol. The molecule has 0 aliphatic heterocycles. The topological polar surface area (TPSA) is 89.6 Å². The maximum atomic E-state index is 11.9. The van der Waals surface area contributed by atoms with Crippen LogP contribution >= 0.6 is 11.3 Å². The first-order chi connectivity index (χ1) is 12.2. The van der Waals surface area contributed by atoms with Crippen LogP contribution in [0.3, 0.4) is 0 Å². The van der Waals surface area contributed by atoms with Crippen molar-refractivity contribution in [3.8, 4) is 0 Å². The molecule has 5 aromatic rings. The number of imidazole rings is 1. The first-order valence-corrected chi connectivity index (χ1v) is 8.61. The molecule has 0 atom stereocenters. The third-order valence-electron chi connectivity index (χ3n) is 4.30. The van der Waals surface area contributed by atoms with Crippen LogP contribution in [0.25, 0.3) is 32.0 Å². The summed E-state index contributed by atoms with van der Waals surface area (Å²) in [5, 5.41) is 3.72. The summed E-state index contributed by atoms with van der Waals surface area (Å²) in [6, 6.07) is 14.9. The third kappa shape index (κ3) is 2.20. The van der Waals surface area contributed by atoms with Crippen LogP contribution in [0.15, 0.2) is 53.6 Å². The molecule has 0 bridgehead atoms. The molecule has 0 amide bonds. The number of nitrogens with zero attached hydrogens (tertiary/aromatic N) is 3. The smallest absolute Gasteiger partial charge is 0.280 e. The largest absolute Gasteiger partial charge is 0.369 e. The number of anilines is 1. The van der Waals surface area contributed by atoms with Crippen LogP contribution in [0.1, 0.15) is 4.88 Å². The van der Waals surface area contributed by atoms with Gasteiger partial charge in [0.2, 0.25) is 5.95 Å². The molecule has 0 spiro atoms. The molecule has 7 heteroatoms. The Morgan fingerprint density at radius 3 is 2.96 bits per heavy atom. The van der Waals surface area contributed by atoms with Crippen LogP contribution < -0.4 is 11.3 Å². The van der Waals surface area contributed by atoms with Gasteiger partial charge in [-0.05, 0) is 22.9 Å². The molecule has 0 saturated heterocycles. The fraction of sp³-hybridized carbons (Fsp3) is 0.0556. The van der Waals surface area contributed by atoms with Crippen molar-refractivity contribution < 1.29 is 0 Å². The summed E-state index contributed by atoms with van der Waals surface area (Å²) in [5.41, 5.74) is 6.16. The fourth-order valence-corrected chi connectivity index (χ4v) is 4.26. The minimum absolute atomic E-state index is 0.0987. The second kappa shape index (κ2) is 5.15. The average Bonchev–Trinajstić information content (AvgIpc) is 3.19. The lowest BCUT2D eigenvalue weighted by Crippen LogP contribution is -2.12. The number of H-pyrrole nitrogens is 1. The van der Waals surface area contributed by atoms with E-state index in [2.05, 4.69) is 51.4 Å². The zero-order valence-electron chi connectivity index (χ0n) is 13.1. The van der Waals surface area contributed by atoms with E-state index in [1.165, 1.54) is 25.7 Å². The predicted octanol–water partition coefficient (Wildman–Crippen LogP) is 3.12. The van der Waals surface area contributed by atoms with E-state index in [9.17, 15) is 4.79 Å². The summed E-state index contributed by atoms with van der Waals surface area (Å²) in [6.45, 7) is 0.597. The van der Waals surface area contributed by atoms with Gasteiger partial charge in [-0.1, -0.05) is 30.3 Å². The summed E-state index contributed by atoms with van der Waals surface area (Å²) in [6.07, 6.45) is 1.63. The highest BCUT2D eigenvalue weighted by Gasteiger charge is 2.11. The van der Waals surface area contributed by atoms with Gasteiger partial charge in [0.15, 0.2) is 11.2 Å². The summed E-state index contributed by atoms with van der Waals surface area (Å²) in [5.74, 6) is 0.0987. The van der Waals surface area contributed by atoms with Crippen LogP contribution in [0.5, 0.6) is 0 Å². The van der Waals surface area contributed by atoms with Crippen molar-refractivity contribution in [1.29, 1.82) is 0 Å². The van der Waals surface area contributed by atoms with Crippen LogP contribution in [0.4, 0.5) is 5.95 Å². The number of thiophene rings is 1. The molecule has 0 aliphatic carbocycles. The Morgan fingerprint density at radius 1 is 1.16 bits per heavy atom. The van der Waals surface area contributed by atoms with E-state index in [0.29, 0.717) is 17.7 Å². The number of rotatable bonds is 2. The number of benzene rings is 2. The molecule has 0 fully saturated rings. The predicted molar refractivity (Wildman–Crippen MR) is 101 cm³/mol. The van der Waals surface area contributed by atoms with Crippen molar-refractivity contribution >= 4 is 49.3 Å². The molecule has 5 rings (SSSR count). The molecule has 3 N–H and O–H groups in total. The first-order valence-electron chi connectivity index (χ1n) is 7.80. The lowest BCUT2D eigenvalue weighted by molar-refractivity contribution is 0.827. The van der Waals surface area contributed by atoms with Crippen LogP contribution in [0.2, 0.25) is 0 Å². The van der Waals surface area contributed by atoms with Gasteiger partial charge in [-0.3, -0.25) is 9.78 Å². The van der Waals surface area contributed by atoms with E-state index in [0.717, 1.165) is 0 Å². The standard InChI is InChI=1S/C18H13N5OS/c19-18-21-16-15(17(24)22-18)20-9-23(16)8-11-7-13-12-4-2-1-3-10(12)5-6-14(13)25-11/h1-7,9H,8H2,(H3,19,21,22,24). The van der Waals surface area contributed by atoms with Crippen molar-refractivity contribution in [1.82, 2.24) is 19.5 Å². The zero-order valence-corrected chi connectivity index (χ0v) is 13.9. The molecule has 3 aromatic heterocycles. The van der Waals surface area contributed by atoms with Gasteiger partial charge < -0.3 is 10.3 Å². The lowest BCUT2D eigenvalue weighted by atomic mass is 10.1. The van der Waals surface area contributed by atoms with Crippen molar-refractivity contribution in [2.45, 2.75) is 6.54 Å². The van der Waals surface area contributed by atoms with E-state index >= 15 is 0 Å². The van der Waals surface area contributed by atoms with Crippen LogP contribution in [-0.2, 0) is 6.54 Å². The summed E-state index contributed by atoms with van der Waals surface area (Å²) < 4.78 is 3.09. The van der Waals surface area contributed by atoms with Crippen molar-refractivity contribution in [3.63, 3.8) is 0 Å². The zero-order chi connectivity index (χ0) is 17.0. The summed E-state index contributed by atoms with van der Waals surface area (Å²) >= 11 is 1.73. The van der Waals surface area contributed by atoms with Gasteiger partial charge in [0.05, 0.1) is 12.9 Å². The second-order valence-electron chi connectivity index (χ2n) is 5.91. The number of nitrogen functional groups attached to an aromatic ring is 1. The van der Waals surface area contributed by atoms with Gasteiger partial charge in [-0.15, -0.1) is 11.3 Å². The number of fused-ring (bicyclic) bond motifs is 4. The fourth-order valence-electron chi connectivity index (χ4n) is 3.18. The molecule has 0 unspecified atom stereocenters. The van der Waals surface area contributed by atoms with Gasteiger partial charge in [-0.2, -0.15) is 4.98 Å². The number of aromatic amines is 1. The van der Waals surface area contributed by atoms with Crippen LogP contribution in [0, 0.1) is 0 Å². The van der Waals surface area contributed by atoms with Crippen molar-refractivity contribution in [3.05, 3.63) is 64.0 Å². The highest BCUT2D eigenvalue weighted by atomic mass is 32.1. The van der Waals surface area contributed by atoms with Gasteiger partial charge >= 0.3 is 0 Å². The number of aromatic nitrogens is 4. The van der Waals surface area contributed by atoms with Gasteiger partial charge in [0, 0.05) is 15.0 Å². The van der Waals surface area contributed by atoms with E-state index in [4.69, 9.17) is 5.73 Å². The Bertz CT molecular complexity index is 1310. The SMILES string of the molecule is Nc1nc2c(ncn2Cc2cc3c(ccc4ccccc43)s2)c(=O)[nH]1. The molecule has 122 valence electrons. The van der Waals surface area contributed by atoms with E-state index in [1.54, 1.807) is 17.7 Å². The molecular formula is C18H13N5OS. The Labute approximate surface area is 145 Å². The van der Waals surface area contributed by atoms with E-state index in [1.807, 2.05) is 10.6 Å². The first kappa shape index (κ1) is 14.2. The number of hydrogen-bond donors (Lipinski definition) is 2. The third-order valence-corrected chi connectivity index (χ3v) is 5.38. The second-order valence-corrected chi connectivity index (χ2v) is 7.08. The lowest BCUT2D eigenvalue weighted by Gasteiger charge is -2.01. The maximum Gasteiger partial charge on any atom is 0.280 e. The van der Waals surface area contributed by atoms with Crippen LogP contribution in [-0.4, -0.2) is 19.5 Å². The van der Waals surface area contributed by atoms with Gasteiger partial charge in [-0.25, -0.2) is 4.98 Å². The molecular weight excluding hydrogens is 334 g/mol.